The molecular formula is C14H16N8O2. The largest absolute Gasteiger partial charge is 0.493 e. The molecule has 0 saturated heterocycles. The van der Waals surface area contributed by atoms with E-state index in [1.807, 2.05) is 14.1 Å². The zero-order chi connectivity index (χ0) is 16.8. The summed E-state index contributed by atoms with van der Waals surface area (Å²) in [7, 11) is 3.70. The number of nitrogens with zero attached hydrogens (tertiary/aromatic N) is 6. The van der Waals surface area contributed by atoms with Crippen LogP contribution >= 0.6 is 0 Å². The molecule has 0 aliphatic heterocycles. The molecule has 10 heteroatoms. The molecule has 0 atom stereocenters. The Morgan fingerprint density at radius 3 is 2.79 bits per heavy atom. The maximum atomic E-state index is 11.3. The van der Waals surface area contributed by atoms with E-state index in [1.165, 1.54) is 0 Å². The Labute approximate surface area is 135 Å². The highest BCUT2D eigenvalue weighted by molar-refractivity contribution is 5.57. The van der Waals surface area contributed by atoms with Crippen molar-refractivity contribution in [2.75, 3.05) is 19.0 Å². The molecule has 1 fully saturated rings. The predicted octanol–water partition coefficient (Wildman–Crippen LogP) is -1.48. The van der Waals surface area contributed by atoms with E-state index in [0.29, 0.717) is 28.5 Å². The zero-order valence-electron chi connectivity index (χ0n) is 13.2. The van der Waals surface area contributed by atoms with Crippen LogP contribution in [0.4, 0.5) is 5.95 Å². The number of aromatic nitrogens is 6. The number of aromatic amines is 2. The van der Waals surface area contributed by atoms with Crippen LogP contribution in [0.15, 0.2) is 16.0 Å². The summed E-state index contributed by atoms with van der Waals surface area (Å²) in [4.78, 5) is 31.4. The third kappa shape index (κ3) is 2.51. The molecule has 3 aromatic rings. The van der Waals surface area contributed by atoms with Gasteiger partial charge in [0.25, 0.3) is 5.62 Å². The fourth-order valence-electron chi connectivity index (χ4n) is 2.27. The first-order valence-electron chi connectivity index (χ1n) is 7.51. The molecule has 0 aromatic carbocycles. The Morgan fingerprint density at radius 2 is 2.17 bits per heavy atom. The molecule has 3 aromatic heterocycles. The lowest BCUT2D eigenvalue weighted by molar-refractivity contribution is 0.454. The summed E-state index contributed by atoms with van der Waals surface area (Å²) < 4.78 is 1.57. The van der Waals surface area contributed by atoms with Crippen molar-refractivity contribution < 1.29 is 5.11 Å². The van der Waals surface area contributed by atoms with E-state index in [1.54, 1.807) is 21.7 Å². The minimum Gasteiger partial charge on any atom is -0.493 e. The summed E-state index contributed by atoms with van der Waals surface area (Å²) in [5, 5.41) is 14.7. The van der Waals surface area contributed by atoms with Crippen molar-refractivity contribution in [1.82, 2.24) is 29.5 Å². The van der Waals surface area contributed by atoms with Crippen LogP contribution in [0.2, 0.25) is 0 Å². The Morgan fingerprint density at radius 1 is 1.38 bits per heavy atom. The minimum atomic E-state index is -0.483. The standard InChI is InChI=1S/C14H16N8O2/c1-21(2)12-18-10-7(5-9-11(23)19-14(24)17-9)6-15-22(10)13(20-12)16-8-3-4-8/h5-6,8,23H,3-4H2,1-2H3,(H2,17,19,24)/b7-5-,16-13?. The first-order chi connectivity index (χ1) is 11.5. The predicted molar refractivity (Wildman–Crippen MR) is 85.6 cm³/mol. The summed E-state index contributed by atoms with van der Waals surface area (Å²) in [5.74, 6) is 0.285. The highest BCUT2D eigenvalue weighted by Crippen LogP contribution is 2.22. The molecule has 1 aliphatic rings. The molecule has 0 bridgehead atoms. The molecule has 1 aliphatic carbocycles. The number of H-pyrrole nitrogens is 2. The number of rotatable bonds is 3. The first kappa shape index (κ1) is 14.4. The lowest BCUT2D eigenvalue weighted by atomic mass is 10.3. The smallest absolute Gasteiger partial charge is 0.326 e. The Kier molecular flexibility index (Phi) is 3.12. The maximum absolute atomic E-state index is 11.3. The summed E-state index contributed by atoms with van der Waals surface area (Å²) in [5.41, 5.74) is 0.830. The van der Waals surface area contributed by atoms with Gasteiger partial charge in [0.15, 0.2) is 5.65 Å². The second-order valence-corrected chi connectivity index (χ2v) is 5.90. The Balaban J connectivity index is 1.99. The van der Waals surface area contributed by atoms with Gasteiger partial charge in [0.05, 0.1) is 12.2 Å². The highest BCUT2D eigenvalue weighted by atomic mass is 16.3. The van der Waals surface area contributed by atoms with Crippen molar-refractivity contribution in [3.05, 3.63) is 33.2 Å². The molecule has 0 radical (unpaired) electrons. The molecule has 0 spiro atoms. The number of aromatic hydroxyl groups is 1. The van der Waals surface area contributed by atoms with E-state index >= 15 is 0 Å². The molecular weight excluding hydrogens is 312 g/mol. The van der Waals surface area contributed by atoms with Gasteiger partial charge in [0, 0.05) is 19.3 Å². The van der Waals surface area contributed by atoms with Crippen LogP contribution in [-0.2, 0) is 0 Å². The van der Waals surface area contributed by atoms with Gasteiger partial charge in [-0.3, -0.25) is 4.98 Å². The van der Waals surface area contributed by atoms with Gasteiger partial charge in [-0.1, -0.05) is 0 Å². The maximum Gasteiger partial charge on any atom is 0.326 e. The lowest BCUT2D eigenvalue weighted by Crippen LogP contribution is -2.27. The van der Waals surface area contributed by atoms with Gasteiger partial charge in [0.2, 0.25) is 11.8 Å². The molecule has 4 rings (SSSR count). The topological polar surface area (TPSA) is 128 Å². The first-order valence-corrected chi connectivity index (χ1v) is 7.51. The van der Waals surface area contributed by atoms with Crippen LogP contribution in [0.3, 0.4) is 0 Å². The van der Waals surface area contributed by atoms with Crippen LogP contribution in [0, 0.1) is 0 Å². The molecule has 124 valence electrons. The zero-order valence-corrected chi connectivity index (χ0v) is 13.2. The van der Waals surface area contributed by atoms with E-state index in [0.717, 1.165) is 12.8 Å². The molecule has 0 unspecified atom stereocenters. The van der Waals surface area contributed by atoms with Gasteiger partial charge in [-0.15, -0.1) is 0 Å². The summed E-state index contributed by atoms with van der Waals surface area (Å²) in [6, 6.07) is 0.291. The number of nitrogens with one attached hydrogen (secondary N) is 2. The lowest BCUT2D eigenvalue weighted by Gasteiger charge is -2.09. The van der Waals surface area contributed by atoms with E-state index in [-0.39, 0.29) is 11.6 Å². The third-order valence-corrected chi connectivity index (χ3v) is 3.65. The summed E-state index contributed by atoms with van der Waals surface area (Å²) in [6.07, 6.45) is 5.31. The van der Waals surface area contributed by atoms with Gasteiger partial charge >= 0.3 is 5.69 Å². The Hall–Kier alpha value is -3.17. The van der Waals surface area contributed by atoms with Crippen molar-refractivity contribution in [3.63, 3.8) is 0 Å². The van der Waals surface area contributed by atoms with E-state index in [4.69, 9.17) is 0 Å². The molecule has 0 amide bonds. The van der Waals surface area contributed by atoms with Crippen LogP contribution in [0.25, 0.3) is 11.7 Å². The van der Waals surface area contributed by atoms with Crippen molar-refractivity contribution >= 4 is 17.7 Å². The second kappa shape index (κ2) is 5.18. The van der Waals surface area contributed by atoms with Gasteiger partial charge in [-0.05, 0) is 18.9 Å². The quantitative estimate of drug-likeness (QED) is 0.538. The number of imidazole rings is 1. The van der Waals surface area contributed by atoms with Crippen molar-refractivity contribution in [2.45, 2.75) is 18.9 Å². The molecule has 3 heterocycles. The van der Waals surface area contributed by atoms with Gasteiger partial charge in [0.1, 0.15) is 5.69 Å². The average molecular weight is 328 g/mol. The van der Waals surface area contributed by atoms with Crippen LogP contribution in [0.1, 0.15) is 18.5 Å². The molecule has 10 nitrogen and oxygen atoms in total. The molecule has 1 saturated carbocycles. The van der Waals surface area contributed by atoms with Gasteiger partial charge in [-0.25, -0.2) is 9.79 Å². The van der Waals surface area contributed by atoms with Crippen LogP contribution in [-0.4, -0.2) is 54.8 Å². The average Bonchev–Trinajstić information content (AvgIpc) is 3.16. The second-order valence-electron chi connectivity index (χ2n) is 5.90. The summed E-state index contributed by atoms with van der Waals surface area (Å²) >= 11 is 0. The van der Waals surface area contributed by atoms with E-state index in [9.17, 15) is 9.90 Å². The number of hydrogen-bond acceptors (Lipinski definition) is 7. The minimum absolute atomic E-state index is 0.232. The number of anilines is 1. The van der Waals surface area contributed by atoms with Gasteiger partial charge < -0.3 is 15.0 Å². The van der Waals surface area contributed by atoms with Crippen LogP contribution in [0.5, 0.6) is 5.88 Å². The number of fused-ring (bicyclic) bond motifs is 1. The fourth-order valence-corrected chi connectivity index (χ4v) is 2.27. The van der Waals surface area contributed by atoms with Crippen molar-refractivity contribution in [2.24, 2.45) is 4.99 Å². The third-order valence-electron chi connectivity index (χ3n) is 3.65. The number of hydrogen-bond donors (Lipinski definition) is 3. The van der Waals surface area contributed by atoms with E-state index < -0.39 is 5.69 Å². The van der Waals surface area contributed by atoms with Crippen molar-refractivity contribution in [3.8, 4) is 5.88 Å². The van der Waals surface area contributed by atoms with Crippen LogP contribution < -0.4 is 21.4 Å². The fraction of sp³-hybridized carbons (Fsp3) is 0.357. The summed E-state index contributed by atoms with van der Waals surface area (Å²) in [6.45, 7) is 0. The SMILES string of the molecule is CN(C)c1nc(=NC2CC2)n2nc/c(=C/c3[nH]c(=O)[nH]c3O)c2n1. The van der Waals surface area contributed by atoms with E-state index in [2.05, 4.69) is 30.0 Å². The molecule has 24 heavy (non-hydrogen) atoms. The normalized spacial score (nSPS) is 16.2. The Bertz CT molecular complexity index is 1090. The molecule has 3 N–H and O–H groups in total. The van der Waals surface area contributed by atoms with Crippen molar-refractivity contribution in [1.29, 1.82) is 0 Å². The van der Waals surface area contributed by atoms with Gasteiger partial charge in [-0.2, -0.15) is 19.6 Å². The highest BCUT2D eigenvalue weighted by Gasteiger charge is 2.21. The monoisotopic (exact) mass is 328 g/mol.